The van der Waals surface area contributed by atoms with Gasteiger partial charge in [0, 0.05) is 30.1 Å². The molecule has 0 fully saturated rings. The van der Waals surface area contributed by atoms with Gasteiger partial charge in [-0.25, -0.2) is 0 Å². The molecule has 0 saturated carbocycles. The molecule has 7 nitrogen and oxygen atoms in total. The number of tetrazole rings is 1. The van der Waals surface area contributed by atoms with Crippen LogP contribution in [-0.4, -0.2) is 29.8 Å². The fraction of sp³-hybridized carbons (Fsp3) is 0.133. The van der Waals surface area contributed by atoms with E-state index in [9.17, 15) is 4.79 Å². The summed E-state index contributed by atoms with van der Waals surface area (Å²) in [6, 6.07) is 51.6. The predicted octanol–water partition coefficient (Wildman–Crippen LogP) is 8.73. The number of nitrogens with zero attached hydrogens (tertiary/aromatic N) is 6. The van der Waals surface area contributed by atoms with Gasteiger partial charge in [-0.3, -0.25) is 9.78 Å². The largest absolute Gasteiger partial charge is 0.343 e. The van der Waals surface area contributed by atoms with Gasteiger partial charge in [0.05, 0.1) is 16.6 Å². The average molecular weight is 679 g/mol. The van der Waals surface area contributed by atoms with Gasteiger partial charge in [-0.05, 0) is 57.5 Å². The predicted molar refractivity (Wildman–Crippen MR) is 207 cm³/mol. The van der Waals surface area contributed by atoms with Crippen molar-refractivity contribution in [1.82, 2.24) is 29.8 Å². The minimum absolute atomic E-state index is 0.0179. The second kappa shape index (κ2) is 14.0. The van der Waals surface area contributed by atoms with Crippen LogP contribution in [0, 0.1) is 0 Å². The van der Waals surface area contributed by atoms with E-state index in [2.05, 4.69) is 134 Å². The van der Waals surface area contributed by atoms with Crippen LogP contribution in [0.2, 0.25) is 0 Å². The van der Waals surface area contributed by atoms with Crippen molar-refractivity contribution in [3.63, 3.8) is 0 Å². The number of rotatable bonds is 10. The first-order valence-electron chi connectivity index (χ1n) is 17.8. The molecule has 0 atom stereocenters. The second-order valence-corrected chi connectivity index (χ2v) is 12.9. The van der Waals surface area contributed by atoms with Crippen molar-refractivity contribution in [3.05, 3.63) is 202 Å². The van der Waals surface area contributed by atoms with Crippen molar-refractivity contribution in [2.75, 3.05) is 0 Å². The Bertz CT molecular complexity index is 2430. The minimum Gasteiger partial charge on any atom is -0.343 e. The van der Waals surface area contributed by atoms with Crippen molar-refractivity contribution < 1.29 is 0 Å². The van der Waals surface area contributed by atoms with Crippen molar-refractivity contribution >= 4 is 10.9 Å². The Morgan fingerprint density at radius 3 is 1.79 bits per heavy atom. The monoisotopic (exact) mass is 678 g/mol. The molecule has 0 radical (unpaired) electrons. The van der Waals surface area contributed by atoms with Crippen LogP contribution in [-0.2, 0) is 24.9 Å². The zero-order valence-corrected chi connectivity index (χ0v) is 29.2. The first-order chi connectivity index (χ1) is 25.6. The quantitative estimate of drug-likeness (QED) is 0.135. The molecule has 0 aliphatic heterocycles. The number of hydrogen-bond acceptors (Lipinski definition) is 5. The molecule has 52 heavy (non-hydrogen) atoms. The summed E-state index contributed by atoms with van der Waals surface area (Å²) in [5.74, 6) is 0.540. The Morgan fingerprint density at radius 1 is 0.635 bits per heavy atom. The molecular formula is C45H38N6O. The third-order valence-electron chi connectivity index (χ3n) is 9.86. The van der Waals surface area contributed by atoms with Crippen LogP contribution in [0.5, 0.6) is 0 Å². The van der Waals surface area contributed by atoms with E-state index in [4.69, 9.17) is 20.4 Å². The normalized spacial score (nSPS) is 11.6. The molecular weight excluding hydrogens is 641 g/mol. The van der Waals surface area contributed by atoms with E-state index in [-0.39, 0.29) is 5.43 Å². The zero-order chi connectivity index (χ0) is 35.5. The maximum atomic E-state index is 12.9. The smallest absolute Gasteiger partial charge is 0.205 e. The molecule has 8 aromatic rings. The summed E-state index contributed by atoms with van der Waals surface area (Å²) < 4.78 is 2.15. The van der Waals surface area contributed by atoms with E-state index in [1.165, 1.54) is 0 Å². The number of aromatic nitrogens is 6. The van der Waals surface area contributed by atoms with Gasteiger partial charge in [-0.1, -0.05) is 153 Å². The van der Waals surface area contributed by atoms with Crippen LogP contribution in [0.4, 0.5) is 0 Å². The highest BCUT2D eigenvalue weighted by molar-refractivity contribution is 5.82. The van der Waals surface area contributed by atoms with E-state index < -0.39 is 5.54 Å². The van der Waals surface area contributed by atoms with Crippen LogP contribution < -0.4 is 5.43 Å². The van der Waals surface area contributed by atoms with E-state index in [0.29, 0.717) is 24.2 Å². The fourth-order valence-corrected chi connectivity index (χ4v) is 7.30. The minimum atomic E-state index is -0.858. The van der Waals surface area contributed by atoms with Crippen molar-refractivity contribution in [2.24, 2.45) is 0 Å². The van der Waals surface area contributed by atoms with Gasteiger partial charge in [0.1, 0.15) is 0 Å². The number of benzene rings is 5. The van der Waals surface area contributed by atoms with Gasteiger partial charge in [0.2, 0.25) is 5.82 Å². The van der Waals surface area contributed by atoms with Crippen molar-refractivity contribution in [3.8, 4) is 22.5 Å². The molecule has 0 aliphatic carbocycles. The zero-order valence-electron chi connectivity index (χ0n) is 29.2. The highest BCUT2D eigenvalue weighted by Crippen LogP contribution is 2.40. The van der Waals surface area contributed by atoms with Crippen LogP contribution >= 0.6 is 0 Å². The molecule has 0 unspecified atom stereocenters. The second-order valence-electron chi connectivity index (χ2n) is 12.9. The summed E-state index contributed by atoms with van der Waals surface area (Å²) in [6.07, 6.45) is 3.42. The summed E-state index contributed by atoms with van der Waals surface area (Å²) >= 11 is 0. The van der Waals surface area contributed by atoms with Crippen LogP contribution in [0.15, 0.2) is 163 Å². The van der Waals surface area contributed by atoms with Gasteiger partial charge < -0.3 is 4.57 Å². The molecule has 3 aromatic heterocycles. The van der Waals surface area contributed by atoms with E-state index in [0.717, 1.165) is 62.3 Å². The highest BCUT2D eigenvalue weighted by atomic mass is 16.1. The van der Waals surface area contributed by atoms with E-state index in [1.807, 2.05) is 36.5 Å². The van der Waals surface area contributed by atoms with Crippen molar-refractivity contribution in [1.29, 1.82) is 0 Å². The number of pyridine rings is 2. The lowest BCUT2D eigenvalue weighted by Crippen LogP contribution is -2.39. The van der Waals surface area contributed by atoms with E-state index >= 15 is 0 Å². The Balaban J connectivity index is 1.18. The molecule has 0 bridgehead atoms. The molecule has 0 aliphatic rings. The Kier molecular flexibility index (Phi) is 8.83. The topological polar surface area (TPSA) is 78.5 Å². The maximum absolute atomic E-state index is 12.9. The van der Waals surface area contributed by atoms with Crippen LogP contribution in [0.3, 0.4) is 0 Å². The van der Waals surface area contributed by atoms with Gasteiger partial charge in [0.25, 0.3) is 0 Å². The number of hydrogen-bond donors (Lipinski definition) is 0. The third-order valence-corrected chi connectivity index (χ3v) is 9.86. The summed E-state index contributed by atoms with van der Waals surface area (Å²) in [5.41, 5.74) is 9.12. The molecule has 8 rings (SSSR count). The lowest BCUT2D eigenvalue weighted by atomic mass is 9.77. The first-order valence-corrected chi connectivity index (χ1v) is 17.8. The SMILES string of the molecule is CCc1cc2c(c(CC)n1)c(=O)ccn2Cc1ccc(-c2ccccc2-c2nnn(C(c3ccccc3)(c3ccccc3)c3ccccc3)n2)cc1. The van der Waals surface area contributed by atoms with Crippen LogP contribution in [0.1, 0.15) is 47.5 Å². The van der Waals surface area contributed by atoms with Gasteiger partial charge in [-0.2, -0.15) is 0 Å². The fourth-order valence-electron chi connectivity index (χ4n) is 7.30. The number of aryl methyl sites for hydroxylation is 2. The third kappa shape index (κ3) is 5.80. The van der Waals surface area contributed by atoms with Crippen molar-refractivity contribution in [2.45, 2.75) is 38.8 Å². The molecule has 3 heterocycles. The summed E-state index contributed by atoms with van der Waals surface area (Å²) in [4.78, 5) is 19.4. The molecule has 0 amide bonds. The molecule has 5 aromatic carbocycles. The molecule has 0 saturated heterocycles. The standard InChI is InChI=1S/C45H38N6O/c1-3-37-30-41-43(40(4-2)46-37)42(52)28-29-50(41)31-32-24-26-33(27-25-32)38-22-14-15-23-39(38)44-47-49-51(48-44)45(34-16-8-5-9-17-34,35-18-10-6-11-19-35)36-20-12-7-13-21-36/h5-30H,3-4,31H2,1-2H3. The van der Waals surface area contributed by atoms with E-state index in [1.54, 1.807) is 10.9 Å². The Hall–Kier alpha value is -6.47. The van der Waals surface area contributed by atoms with Gasteiger partial charge >= 0.3 is 0 Å². The number of fused-ring (bicyclic) bond motifs is 1. The van der Waals surface area contributed by atoms with Gasteiger partial charge in [-0.15, -0.1) is 15.0 Å². The Labute approximate surface area is 302 Å². The first kappa shape index (κ1) is 32.7. The lowest BCUT2D eigenvalue weighted by Gasteiger charge is -2.34. The highest BCUT2D eigenvalue weighted by Gasteiger charge is 2.41. The molecule has 254 valence electrons. The summed E-state index contributed by atoms with van der Waals surface area (Å²) in [6.45, 7) is 4.78. The Morgan fingerprint density at radius 2 is 1.21 bits per heavy atom. The summed E-state index contributed by atoms with van der Waals surface area (Å²) in [7, 11) is 0. The van der Waals surface area contributed by atoms with Gasteiger partial charge in [0.15, 0.2) is 11.0 Å². The summed E-state index contributed by atoms with van der Waals surface area (Å²) in [5, 5.41) is 15.4. The maximum Gasteiger partial charge on any atom is 0.205 e. The molecule has 7 heteroatoms. The average Bonchev–Trinajstić information content (AvgIpc) is 3.71. The lowest BCUT2D eigenvalue weighted by molar-refractivity contribution is 0.396. The molecule has 0 spiro atoms. The van der Waals surface area contributed by atoms with Crippen LogP contribution in [0.25, 0.3) is 33.4 Å². The molecule has 0 N–H and O–H groups in total.